The molecule has 0 bridgehead atoms. The van der Waals surface area contributed by atoms with E-state index in [9.17, 15) is 9.59 Å². The van der Waals surface area contributed by atoms with Crippen LogP contribution < -0.4 is 0 Å². The van der Waals surface area contributed by atoms with Gasteiger partial charge >= 0.3 is 5.97 Å². The van der Waals surface area contributed by atoms with Gasteiger partial charge in [-0.2, -0.15) is 0 Å². The fourth-order valence-corrected chi connectivity index (χ4v) is 2.21. The van der Waals surface area contributed by atoms with E-state index in [2.05, 4.69) is 24.2 Å². The van der Waals surface area contributed by atoms with Crippen LogP contribution in [-0.4, -0.2) is 33.9 Å². The molecule has 0 aliphatic carbocycles. The Morgan fingerprint density at radius 1 is 1.30 bits per heavy atom. The highest BCUT2D eigenvalue weighted by molar-refractivity contribution is 5.89. The van der Waals surface area contributed by atoms with Gasteiger partial charge in [0.15, 0.2) is 6.29 Å². The summed E-state index contributed by atoms with van der Waals surface area (Å²) in [4.78, 5) is 22.9. The number of rotatable bonds is 7. The van der Waals surface area contributed by atoms with E-state index in [1.54, 1.807) is 28.9 Å². The molecule has 2 aromatic rings. The number of carbonyl (C=O) groups is 2. The zero-order valence-electron chi connectivity index (χ0n) is 13.7. The van der Waals surface area contributed by atoms with Crippen molar-refractivity contribution in [1.29, 1.82) is 0 Å². The first kappa shape index (κ1) is 16.9. The van der Waals surface area contributed by atoms with Gasteiger partial charge in [-0.25, -0.2) is 9.48 Å². The molecule has 0 saturated carbocycles. The van der Waals surface area contributed by atoms with Crippen molar-refractivity contribution >= 4 is 12.3 Å². The molecule has 6 heteroatoms. The number of hydrogen-bond acceptors (Lipinski definition) is 5. The number of ether oxygens (including phenoxy) is 1. The fourth-order valence-electron chi connectivity index (χ4n) is 2.21. The normalized spacial score (nSPS) is 10.8. The maximum absolute atomic E-state index is 11.8. The molecule has 0 fully saturated rings. The Bertz CT molecular complexity index is 675. The van der Waals surface area contributed by atoms with E-state index < -0.39 is 0 Å². The van der Waals surface area contributed by atoms with Crippen molar-refractivity contribution in [2.45, 2.75) is 33.6 Å². The predicted molar refractivity (Wildman–Crippen MR) is 85.9 cm³/mol. The molecule has 6 nitrogen and oxygen atoms in total. The Morgan fingerprint density at radius 3 is 2.57 bits per heavy atom. The molecule has 0 aliphatic rings. The minimum absolute atomic E-state index is 0.340. The van der Waals surface area contributed by atoms with Crippen LogP contribution in [0, 0.1) is 5.92 Å². The summed E-state index contributed by atoms with van der Waals surface area (Å²) in [6, 6.07) is 6.93. The van der Waals surface area contributed by atoms with Crippen LogP contribution in [0.4, 0.5) is 0 Å². The summed E-state index contributed by atoms with van der Waals surface area (Å²) in [6.45, 7) is 6.49. The molecule has 0 atom stereocenters. The molecule has 1 aromatic carbocycles. The van der Waals surface area contributed by atoms with Gasteiger partial charge in [-0.1, -0.05) is 26.0 Å². The number of aromatic nitrogens is 3. The van der Waals surface area contributed by atoms with Gasteiger partial charge in [0.05, 0.1) is 23.6 Å². The smallest absolute Gasteiger partial charge is 0.338 e. The van der Waals surface area contributed by atoms with E-state index in [1.807, 2.05) is 6.92 Å². The topological polar surface area (TPSA) is 74.1 Å². The number of nitrogens with zero attached hydrogens (tertiary/aromatic N) is 3. The van der Waals surface area contributed by atoms with Gasteiger partial charge in [0.2, 0.25) is 0 Å². The zero-order valence-corrected chi connectivity index (χ0v) is 13.7. The Morgan fingerprint density at radius 2 is 2.00 bits per heavy atom. The Kier molecular flexibility index (Phi) is 5.62. The van der Waals surface area contributed by atoms with Gasteiger partial charge in [-0.15, -0.1) is 5.10 Å². The number of esters is 1. The summed E-state index contributed by atoms with van der Waals surface area (Å²) in [5, 5.41) is 7.97. The van der Waals surface area contributed by atoms with Gasteiger partial charge in [0, 0.05) is 0 Å². The van der Waals surface area contributed by atoms with Gasteiger partial charge in [0.25, 0.3) is 0 Å². The molecule has 1 heterocycles. The lowest BCUT2D eigenvalue weighted by atomic mass is 10.1. The summed E-state index contributed by atoms with van der Waals surface area (Å²) in [5.74, 6) is 0.0298. The third-order valence-electron chi connectivity index (χ3n) is 3.29. The first-order chi connectivity index (χ1) is 11.1. The van der Waals surface area contributed by atoms with Crippen LogP contribution in [0.5, 0.6) is 0 Å². The Labute approximate surface area is 135 Å². The molecule has 23 heavy (non-hydrogen) atoms. The lowest BCUT2D eigenvalue weighted by Crippen LogP contribution is -2.09. The van der Waals surface area contributed by atoms with Crippen molar-refractivity contribution in [1.82, 2.24) is 15.0 Å². The van der Waals surface area contributed by atoms with Crippen LogP contribution in [0.1, 0.15) is 53.7 Å². The minimum atomic E-state index is -0.340. The second kappa shape index (κ2) is 7.67. The summed E-state index contributed by atoms with van der Waals surface area (Å²) in [6.07, 6.45) is 2.20. The van der Waals surface area contributed by atoms with Crippen LogP contribution >= 0.6 is 0 Å². The second-order valence-electron chi connectivity index (χ2n) is 5.73. The van der Waals surface area contributed by atoms with Crippen LogP contribution in [0.15, 0.2) is 24.3 Å². The molecular formula is C17H21N3O3. The van der Waals surface area contributed by atoms with Crippen molar-refractivity contribution in [2.24, 2.45) is 5.92 Å². The van der Waals surface area contributed by atoms with E-state index in [4.69, 9.17) is 4.74 Å². The molecule has 0 amide bonds. The summed E-state index contributed by atoms with van der Waals surface area (Å²) >= 11 is 0. The van der Waals surface area contributed by atoms with Crippen molar-refractivity contribution < 1.29 is 14.3 Å². The number of hydrogen-bond donors (Lipinski definition) is 0. The first-order valence-electron chi connectivity index (χ1n) is 7.74. The van der Waals surface area contributed by atoms with E-state index in [1.165, 1.54) is 0 Å². The minimum Gasteiger partial charge on any atom is -0.462 e. The van der Waals surface area contributed by atoms with Crippen molar-refractivity contribution in [3.63, 3.8) is 0 Å². The first-order valence-corrected chi connectivity index (χ1v) is 7.74. The highest BCUT2D eigenvalue weighted by atomic mass is 16.5. The lowest BCUT2D eigenvalue weighted by Gasteiger charge is -2.09. The Hall–Kier alpha value is -2.50. The van der Waals surface area contributed by atoms with Gasteiger partial charge in [-0.3, -0.25) is 4.79 Å². The lowest BCUT2D eigenvalue weighted by molar-refractivity contribution is 0.0505. The summed E-state index contributed by atoms with van der Waals surface area (Å²) < 4.78 is 6.74. The third-order valence-corrected chi connectivity index (χ3v) is 3.29. The highest BCUT2D eigenvalue weighted by Crippen LogP contribution is 2.17. The predicted octanol–water partition coefficient (Wildman–Crippen LogP) is 2.85. The number of aldehydes is 1. The van der Waals surface area contributed by atoms with Crippen LogP contribution in [0.2, 0.25) is 0 Å². The molecule has 0 radical (unpaired) electrons. The number of benzene rings is 1. The van der Waals surface area contributed by atoms with Crippen LogP contribution in [0.3, 0.4) is 0 Å². The quantitative estimate of drug-likeness (QED) is 0.580. The zero-order chi connectivity index (χ0) is 16.8. The van der Waals surface area contributed by atoms with Crippen LogP contribution in [0.25, 0.3) is 5.69 Å². The van der Waals surface area contributed by atoms with E-state index >= 15 is 0 Å². The fraction of sp³-hybridized carbons (Fsp3) is 0.412. The number of carbonyl (C=O) groups excluding carboxylic acids is 2. The van der Waals surface area contributed by atoms with E-state index in [-0.39, 0.29) is 5.97 Å². The molecule has 0 N–H and O–H groups in total. The van der Waals surface area contributed by atoms with E-state index in [0.29, 0.717) is 30.2 Å². The molecule has 0 saturated heterocycles. The van der Waals surface area contributed by atoms with Gasteiger partial charge in [-0.05, 0) is 43.0 Å². The molecule has 0 spiro atoms. The SMILES string of the molecule is CCCOC(=O)c1ccc(-n2nnc(C=O)c2CC(C)C)cc1. The molecule has 0 aliphatic heterocycles. The third kappa shape index (κ3) is 4.03. The standard InChI is InChI=1S/C17H21N3O3/c1-4-9-23-17(22)13-5-7-14(8-6-13)20-16(10-12(2)3)15(11-21)18-19-20/h5-8,11-12H,4,9-10H2,1-3H3. The van der Waals surface area contributed by atoms with Crippen molar-refractivity contribution in [2.75, 3.05) is 6.61 Å². The maximum Gasteiger partial charge on any atom is 0.338 e. The van der Waals surface area contributed by atoms with Gasteiger partial charge < -0.3 is 4.74 Å². The second-order valence-corrected chi connectivity index (χ2v) is 5.73. The highest BCUT2D eigenvalue weighted by Gasteiger charge is 2.15. The van der Waals surface area contributed by atoms with Crippen molar-refractivity contribution in [3.8, 4) is 5.69 Å². The molecular weight excluding hydrogens is 294 g/mol. The molecule has 1 aromatic heterocycles. The monoisotopic (exact) mass is 315 g/mol. The molecule has 122 valence electrons. The molecule has 0 unspecified atom stereocenters. The van der Waals surface area contributed by atoms with E-state index in [0.717, 1.165) is 24.1 Å². The average molecular weight is 315 g/mol. The molecule has 2 rings (SSSR count). The van der Waals surface area contributed by atoms with Crippen LogP contribution in [-0.2, 0) is 11.2 Å². The summed E-state index contributed by atoms with van der Waals surface area (Å²) in [7, 11) is 0. The van der Waals surface area contributed by atoms with Gasteiger partial charge in [0.1, 0.15) is 5.69 Å². The van der Waals surface area contributed by atoms with Crippen molar-refractivity contribution in [3.05, 3.63) is 41.2 Å². The Balaban J connectivity index is 2.27. The largest absolute Gasteiger partial charge is 0.462 e. The summed E-state index contributed by atoms with van der Waals surface area (Å²) in [5.41, 5.74) is 2.37. The average Bonchev–Trinajstić information content (AvgIpc) is 2.94. The maximum atomic E-state index is 11.8.